The Bertz CT molecular complexity index is 659. The molecule has 8 heteroatoms. The van der Waals surface area contributed by atoms with Gasteiger partial charge in [0.25, 0.3) is 5.24 Å². The predicted octanol–water partition coefficient (Wildman–Crippen LogP) is 1.93. The summed E-state index contributed by atoms with van der Waals surface area (Å²) in [7, 11) is 0. The minimum Gasteiger partial charge on any atom is -0.453 e. The van der Waals surface area contributed by atoms with Gasteiger partial charge in [-0.2, -0.15) is 0 Å². The van der Waals surface area contributed by atoms with Gasteiger partial charge in [-0.1, -0.05) is 11.8 Å². The van der Waals surface area contributed by atoms with Gasteiger partial charge in [-0.25, -0.2) is 0 Å². The third kappa shape index (κ3) is 4.82. The number of hydrogen-bond donors (Lipinski definition) is 1. The minimum absolute atomic E-state index is 0.148. The van der Waals surface area contributed by atoms with E-state index in [2.05, 4.69) is 5.32 Å². The van der Waals surface area contributed by atoms with Gasteiger partial charge in [0.2, 0.25) is 11.7 Å². The van der Waals surface area contributed by atoms with Crippen molar-refractivity contribution in [1.82, 2.24) is 4.90 Å². The van der Waals surface area contributed by atoms with Crippen LogP contribution in [0.5, 0.6) is 0 Å². The molecule has 2 rings (SSSR count). The molecule has 0 bridgehead atoms. The first-order chi connectivity index (χ1) is 11.4. The highest BCUT2D eigenvalue weighted by Crippen LogP contribution is 2.17. The van der Waals surface area contributed by atoms with Crippen LogP contribution in [0.2, 0.25) is 0 Å². The molecule has 0 radical (unpaired) electrons. The highest BCUT2D eigenvalue weighted by molar-refractivity contribution is 8.13. The summed E-state index contributed by atoms with van der Waals surface area (Å²) in [6.45, 7) is 3.24. The highest BCUT2D eigenvalue weighted by atomic mass is 32.2. The SMILES string of the molecule is CC(=O)Nc1ccc(C(=O)[C@@H](C)OC(=O)CN2CCSC2=O)cc1. The Morgan fingerprint density at radius 3 is 2.50 bits per heavy atom. The van der Waals surface area contributed by atoms with E-state index < -0.39 is 12.1 Å². The minimum atomic E-state index is -0.950. The van der Waals surface area contributed by atoms with E-state index in [4.69, 9.17) is 4.74 Å². The zero-order valence-corrected chi connectivity index (χ0v) is 14.2. The number of thioether (sulfide) groups is 1. The topological polar surface area (TPSA) is 92.8 Å². The lowest BCUT2D eigenvalue weighted by atomic mass is 10.1. The zero-order valence-electron chi connectivity index (χ0n) is 13.4. The fourth-order valence-corrected chi connectivity index (χ4v) is 2.99. The first kappa shape index (κ1) is 18.0. The van der Waals surface area contributed by atoms with Crippen LogP contribution >= 0.6 is 11.8 Å². The van der Waals surface area contributed by atoms with Gasteiger partial charge in [-0.15, -0.1) is 0 Å². The number of nitrogens with zero attached hydrogens (tertiary/aromatic N) is 1. The van der Waals surface area contributed by atoms with E-state index in [9.17, 15) is 19.2 Å². The molecular weight excluding hydrogens is 332 g/mol. The molecule has 2 amide bonds. The van der Waals surface area contributed by atoms with Crippen molar-refractivity contribution in [1.29, 1.82) is 0 Å². The summed E-state index contributed by atoms with van der Waals surface area (Å²) in [5.74, 6) is -0.506. The molecule has 7 nitrogen and oxygen atoms in total. The maximum Gasteiger partial charge on any atom is 0.326 e. The molecule has 0 aliphatic carbocycles. The summed E-state index contributed by atoms with van der Waals surface area (Å²) < 4.78 is 5.11. The lowest BCUT2D eigenvalue weighted by molar-refractivity contribution is -0.146. The number of carbonyl (C=O) groups is 4. The van der Waals surface area contributed by atoms with Crippen LogP contribution < -0.4 is 5.32 Å². The normalized spacial score (nSPS) is 15.1. The molecule has 1 heterocycles. The standard InChI is InChI=1S/C16H18N2O5S/c1-10(23-14(20)9-18-7-8-24-16(18)22)15(21)12-3-5-13(6-4-12)17-11(2)19/h3-6,10H,7-9H2,1-2H3,(H,17,19)/t10-/m1/s1. The van der Waals surface area contributed by atoms with E-state index in [0.717, 1.165) is 11.8 Å². The van der Waals surface area contributed by atoms with Crippen LogP contribution in [0.4, 0.5) is 10.5 Å². The number of anilines is 1. The first-order valence-corrected chi connectivity index (χ1v) is 8.38. The molecule has 0 spiro atoms. The van der Waals surface area contributed by atoms with Gasteiger partial charge in [-0.05, 0) is 31.2 Å². The molecule has 1 saturated heterocycles. The maximum atomic E-state index is 12.3. The van der Waals surface area contributed by atoms with Crippen LogP contribution in [0.25, 0.3) is 0 Å². The lowest BCUT2D eigenvalue weighted by Gasteiger charge is -2.16. The van der Waals surface area contributed by atoms with Gasteiger partial charge in [0.15, 0.2) is 6.10 Å². The molecule has 1 atom stereocenters. The first-order valence-electron chi connectivity index (χ1n) is 7.40. The van der Waals surface area contributed by atoms with Gasteiger partial charge >= 0.3 is 5.97 Å². The van der Waals surface area contributed by atoms with E-state index >= 15 is 0 Å². The number of nitrogens with one attached hydrogen (secondary N) is 1. The highest BCUT2D eigenvalue weighted by Gasteiger charge is 2.26. The second-order valence-corrected chi connectivity index (χ2v) is 6.34. The number of hydrogen-bond acceptors (Lipinski definition) is 6. The Kier molecular flexibility index (Phi) is 5.97. The van der Waals surface area contributed by atoms with E-state index in [1.54, 1.807) is 24.3 Å². The smallest absolute Gasteiger partial charge is 0.326 e. The van der Waals surface area contributed by atoms with Crippen molar-refractivity contribution >= 4 is 40.3 Å². The van der Waals surface area contributed by atoms with Crippen molar-refractivity contribution in [3.05, 3.63) is 29.8 Å². The van der Waals surface area contributed by atoms with Crippen molar-refractivity contribution in [3.63, 3.8) is 0 Å². The van der Waals surface area contributed by atoms with E-state index in [1.807, 2.05) is 0 Å². The van der Waals surface area contributed by atoms with Crippen molar-refractivity contribution in [2.24, 2.45) is 0 Å². The fourth-order valence-electron chi connectivity index (χ4n) is 2.17. The van der Waals surface area contributed by atoms with Gasteiger partial charge in [0.1, 0.15) is 6.54 Å². The van der Waals surface area contributed by atoms with E-state index in [1.165, 1.54) is 18.7 Å². The molecule has 0 aromatic heterocycles. The van der Waals surface area contributed by atoms with Crippen LogP contribution in [0.1, 0.15) is 24.2 Å². The van der Waals surface area contributed by atoms with Gasteiger partial charge in [0.05, 0.1) is 0 Å². The third-order valence-corrected chi connectivity index (χ3v) is 4.22. The number of Topliss-reactive ketones (excluding diaryl/α,β-unsaturated/α-hetero) is 1. The predicted molar refractivity (Wildman–Crippen MR) is 90.1 cm³/mol. The van der Waals surface area contributed by atoms with Crippen LogP contribution in [0, 0.1) is 0 Å². The maximum absolute atomic E-state index is 12.3. The van der Waals surface area contributed by atoms with Crippen molar-refractivity contribution in [2.75, 3.05) is 24.2 Å². The summed E-state index contributed by atoms with van der Waals surface area (Å²) in [5, 5.41) is 2.45. The summed E-state index contributed by atoms with van der Waals surface area (Å²) in [5.41, 5.74) is 0.950. The van der Waals surface area contributed by atoms with Gasteiger partial charge < -0.3 is 15.0 Å². The second kappa shape index (κ2) is 7.96. The molecule has 1 aliphatic heterocycles. The Morgan fingerprint density at radius 1 is 1.29 bits per heavy atom. The van der Waals surface area contributed by atoms with Gasteiger partial charge in [-0.3, -0.25) is 19.2 Å². The number of amides is 2. The second-order valence-electron chi connectivity index (χ2n) is 5.29. The Labute approximate surface area is 143 Å². The van der Waals surface area contributed by atoms with Crippen LogP contribution in [0.15, 0.2) is 24.3 Å². The molecule has 1 fully saturated rings. The van der Waals surface area contributed by atoms with Crippen LogP contribution in [-0.4, -0.2) is 52.7 Å². The van der Waals surface area contributed by atoms with Crippen LogP contribution in [-0.2, 0) is 14.3 Å². The monoisotopic (exact) mass is 350 g/mol. The molecule has 1 aromatic carbocycles. The Morgan fingerprint density at radius 2 is 1.96 bits per heavy atom. The molecule has 128 valence electrons. The average molecular weight is 350 g/mol. The quantitative estimate of drug-likeness (QED) is 0.622. The van der Waals surface area contributed by atoms with E-state index in [0.29, 0.717) is 23.5 Å². The molecule has 1 aromatic rings. The fraction of sp³-hybridized carbons (Fsp3) is 0.375. The number of rotatable bonds is 6. The van der Waals surface area contributed by atoms with Crippen molar-refractivity contribution in [3.8, 4) is 0 Å². The largest absolute Gasteiger partial charge is 0.453 e. The lowest BCUT2D eigenvalue weighted by Crippen LogP contribution is -2.34. The Hall–Kier alpha value is -2.35. The number of ketones is 1. The van der Waals surface area contributed by atoms with Crippen LogP contribution in [0.3, 0.4) is 0 Å². The number of ether oxygens (including phenoxy) is 1. The van der Waals surface area contributed by atoms with E-state index in [-0.39, 0.29) is 23.5 Å². The van der Waals surface area contributed by atoms with Crippen molar-refractivity contribution < 1.29 is 23.9 Å². The molecule has 0 unspecified atom stereocenters. The molecule has 1 aliphatic rings. The average Bonchev–Trinajstić information content (AvgIpc) is 2.91. The Balaban J connectivity index is 1.90. The zero-order chi connectivity index (χ0) is 17.7. The third-order valence-electron chi connectivity index (χ3n) is 3.33. The van der Waals surface area contributed by atoms with Crippen molar-refractivity contribution in [2.45, 2.75) is 20.0 Å². The summed E-state index contributed by atoms with van der Waals surface area (Å²) >= 11 is 1.16. The number of esters is 1. The van der Waals surface area contributed by atoms with Gasteiger partial charge in [0, 0.05) is 30.5 Å². The molecular formula is C16H18N2O5S. The number of carbonyl (C=O) groups excluding carboxylic acids is 4. The summed E-state index contributed by atoms with van der Waals surface area (Å²) in [6, 6.07) is 6.31. The number of benzene rings is 1. The molecule has 24 heavy (non-hydrogen) atoms. The molecule has 1 N–H and O–H groups in total. The summed E-state index contributed by atoms with van der Waals surface area (Å²) in [4.78, 5) is 47.9. The molecule has 0 saturated carbocycles. The summed E-state index contributed by atoms with van der Waals surface area (Å²) in [6.07, 6.45) is -0.950.